The van der Waals surface area contributed by atoms with Crippen LogP contribution in [0.2, 0.25) is 0 Å². The third-order valence-electron chi connectivity index (χ3n) is 4.82. The van der Waals surface area contributed by atoms with Crippen molar-refractivity contribution in [2.45, 2.75) is 18.9 Å². The summed E-state index contributed by atoms with van der Waals surface area (Å²) < 4.78 is 11.2. The second-order valence-electron chi connectivity index (χ2n) is 6.80. The first-order valence-electron chi connectivity index (χ1n) is 9.57. The van der Waals surface area contributed by atoms with E-state index >= 15 is 0 Å². The van der Waals surface area contributed by atoms with Crippen LogP contribution in [0.3, 0.4) is 0 Å². The standard InChI is InChI=1S/C24H23NO3/c26-23(14-12-18-11-13-21-22(17-18)28-16-15-27-21)25-24(19-7-3-1-4-8-19)20-9-5-2-6-10-20/h1-11,13,17,24H,12,14-16H2,(H,25,26). The van der Waals surface area contributed by atoms with Gasteiger partial charge in [0.1, 0.15) is 13.2 Å². The lowest BCUT2D eigenvalue weighted by Crippen LogP contribution is -2.29. The highest BCUT2D eigenvalue weighted by molar-refractivity contribution is 5.77. The van der Waals surface area contributed by atoms with Gasteiger partial charge in [0.15, 0.2) is 11.5 Å². The monoisotopic (exact) mass is 373 g/mol. The van der Waals surface area contributed by atoms with Gasteiger partial charge in [-0.15, -0.1) is 0 Å². The van der Waals surface area contributed by atoms with Crippen LogP contribution in [-0.2, 0) is 11.2 Å². The van der Waals surface area contributed by atoms with Crippen molar-refractivity contribution >= 4 is 5.91 Å². The first kappa shape index (κ1) is 18.1. The molecule has 0 fully saturated rings. The summed E-state index contributed by atoms with van der Waals surface area (Å²) in [4.78, 5) is 12.7. The van der Waals surface area contributed by atoms with Gasteiger partial charge in [0.2, 0.25) is 5.91 Å². The maximum atomic E-state index is 12.7. The molecule has 0 atom stereocenters. The zero-order chi connectivity index (χ0) is 19.2. The number of benzene rings is 3. The summed E-state index contributed by atoms with van der Waals surface area (Å²) in [5, 5.41) is 3.19. The third-order valence-corrected chi connectivity index (χ3v) is 4.82. The number of fused-ring (bicyclic) bond motifs is 1. The number of carbonyl (C=O) groups excluding carboxylic acids is 1. The molecule has 1 aliphatic rings. The van der Waals surface area contributed by atoms with Crippen LogP contribution in [0.25, 0.3) is 0 Å². The molecule has 4 rings (SSSR count). The van der Waals surface area contributed by atoms with Gasteiger partial charge in [-0.1, -0.05) is 66.7 Å². The van der Waals surface area contributed by atoms with Gasteiger partial charge < -0.3 is 14.8 Å². The highest BCUT2D eigenvalue weighted by Crippen LogP contribution is 2.31. The predicted molar refractivity (Wildman–Crippen MR) is 109 cm³/mol. The van der Waals surface area contributed by atoms with E-state index in [0.717, 1.165) is 28.2 Å². The van der Waals surface area contributed by atoms with Gasteiger partial charge in [-0.25, -0.2) is 0 Å². The molecule has 0 radical (unpaired) electrons. The number of nitrogens with one attached hydrogen (secondary N) is 1. The molecule has 0 spiro atoms. The molecule has 1 heterocycles. The fourth-order valence-corrected chi connectivity index (χ4v) is 3.38. The van der Waals surface area contributed by atoms with Crippen molar-refractivity contribution in [3.63, 3.8) is 0 Å². The van der Waals surface area contributed by atoms with E-state index in [1.165, 1.54) is 0 Å². The van der Waals surface area contributed by atoms with E-state index in [-0.39, 0.29) is 11.9 Å². The summed E-state index contributed by atoms with van der Waals surface area (Å²) in [6.45, 7) is 1.14. The van der Waals surface area contributed by atoms with Crippen molar-refractivity contribution in [3.05, 3.63) is 95.6 Å². The SMILES string of the molecule is O=C(CCc1ccc2c(c1)OCCO2)NC(c1ccccc1)c1ccccc1. The molecule has 1 N–H and O–H groups in total. The van der Waals surface area contributed by atoms with Crippen LogP contribution < -0.4 is 14.8 Å². The Balaban J connectivity index is 1.43. The number of rotatable bonds is 6. The molecular weight excluding hydrogens is 350 g/mol. The van der Waals surface area contributed by atoms with Gasteiger partial charge in [0.05, 0.1) is 6.04 Å². The Hall–Kier alpha value is -3.27. The zero-order valence-electron chi connectivity index (χ0n) is 15.6. The zero-order valence-corrected chi connectivity index (χ0v) is 15.6. The average Bonchev–Trinajstić information content (AvgIpc) is 2.77. The van der Waals surface area contributed by atoms with E-state index in [0.29, 0.717) is 26.1 Å². The fraction of sp³-hybridized carbons (Fsp3) is 0.208. The molecule has 4 heteroatoms. The molecule has 3 aromatic carbocycles. The Morgan fingerprint density at radius 2 is 1.43 bits per heavy atom. The smallest absolute Gasteiger partial charge is 0.221 e. The molecule has 4 nitrogen and oxygen atoms in total. The minimum atomic E-state index is -0.157. The molecule has 0 saturated carbocycles. The molecule has 0 bridgehead atoms. The predicted octanol–water partition coefficient (Wildman–Crippen LogP) is 4.30. The Morgan fingerprint density at radius 3 is 2.07 bits per heavy atom. The molecule has 0 aliphatic carbocycles. The number of hydrogen-bond acceptors (Lipinski definition) is 3. The number of ether oxygens (including phenoxy) is 2. The van der Waals surface area contributed by atoms with Gasteiger partial charge in [0, 0.05) is 6.42 Å². The molecule has 1 amide bonds. The second-order valence-corrected chi connectivity index (χ2v) is 6.80. The molecule has 1 aliphatic heterocycles. The number of aryl methyl sites for hydroxylation is 1. The summed E-state index contributed by atoms with van der Waals surface area (Å²) in [5.74, 6) is 1.55. The van der Waals surface area contributed by atoms with Crippen LogP contribution in [-0.4, -0.2) is 19.1 Å². The molecule has 28 heavy (non-hydrogen) atoms. The molecule has 142 valence electrons. The average molecular weight is 373 g/mol. The van der Waals surface area contributed by atoms with Crippen molar-refractivity contribution in [2.75, 3.05) is 13.2 Å². The van der Waals surface area contributed by atoms with E-state index in [1.54, 1.807) is 0 Å². The Bertz CT molecular complexity index is 886. The highest BCUT2D eigenvalue weighted by atomic mass is 16.6. The number of carbonyl (C=O) groups is 1. The second kappa shape index (κ2) is 8.61. The van der Waals surface area contributed by atoms with Crippen molar-refractivity contribution in [2.24, 2.45) is 0 Å². The van der Waals surface area contributed by atoms with E-state index in [1.807, 2.05) is 78.9 Å². The summed E-state index contributed by atoms with van der Waals surface area (Å²) in [5.41, 5.74) is 3.21. The lowest BCUT2D eigenvalue weighted by atomic mass is 9.98. The Kier molecular flexibility index (Phi) is 5.57. The van der Waals surface area contributed by atoms with E-state index in [2.05, 4.69) is 5.32 Å². The summed E-state index contributed by atoms with van der Waals surface area (Å²) in [6, 6.07) is 25.8. The van der Waals surface area contributed by atoms with Gasteiger partial charge in [-0.2, -0.15) is 0 Å². The third kappa shape index (κ3) is 4.34. The first-order valence-corrected chi connectivity index (χ1v) is 9.57. The quantitative estimate of drug-likeness (QED) is 0.701. The minimum absolute atomic E-state index is 0.0209. The van der Waals surface area contributed by atoms with Crippen molar-refractivity contribution in [3.8, 4) is 11.5 Å². The molecule has 0 unspecified atom stereocenters. The van der Waals surface area contributed by atoms with Crippen molar-refractivity contribution < 1.29 is 14.3 Å². The topological polar surface area (TPSA) is 47.6 Å². The van der Waals surface area contributed by atoms with Crippen LogP contribution in [0.5, 0.6) is 11.5 Å². The molecule has 0 saturated heterocycles. The van der Waals surface area contributed by atoms with Gasteiger partial charge in [-0.05, 0) is 35.2 Å². The highest BCUT2D eigenvalue weighted by Gasteiger charge is 2.17. The summed E-state index contributed by atoms with van der Waals surface area (Å²) in [6.07, 6.45) is 1.06. The van der Waals surface area contributed by atoms with Crippen LogP contribution in [0.1, 0.15) is 29.2 Å². The van der Waals surface area contributed by atoms with Crippen molar-refractivity contribution in [1.82, 2.24) is 5.32 Å². The molecular formula is C24H23NO3. The van der Waals surface area contributed by atoms with Crippen LogP contribution in [0, 0.1) is 0 Å². The maximum absolute atomic E-state index is 12.7. The van der Waals surface area contributed by atoms with Gasteiger partial charge >= 0.3 is 0 Å². The van der Waals surface area contributed by atoms with Crippen LogP contribution >= 0.6 is 0 Å². The number of amides is 1. The largest absolute Gasteiger partial charge is 0.486 e. The van der Waals surface area contributed by atoms with Gasteiger partial charge in [-0.3, -0.25) is 4.79 Å². The van der Waals surface area contributed by atoms with E-state index in [4.69, 9.17) is 9.47 Å². The lowest BCUT2D eigenvalue weighted by molar-refractivity contribution is -0.121. The minimum Gasteiger partial charge on any atom is -0.486 e. The summed E-state index contributed by atoms with van der Waals surface area (Å²) in [7, 11) is 0. The van der Waals surface area contributed by atoms with Crippen LogP contribution in [0.15, 0.2) is 78.9 Å². The lowest BCUT2D eigenvalue weighted by Gasteiger charge is -2.20. The Labute approximate surface area is 165 Å². The fourth-order valence-electron chi connectivity index (χ4n) is 3.38. The molecule has 3 aromatic rings. The molecule has 0 aromatic heterocycles. The van der Waals surface area contributed by atoms with E-state index in [9.17, 15) is 4.79 Å². The van der Waals surface area contributed by atoms with E-state index < -0.39 is 0 Å². The Morgan fingerprint density at radius 1 is 0.821 bits per heavy atom. The summed E-state index contributed by atoms with van der Waals surface area (Å²) >= 11 is 0. The normalized spacial score (nSPS) is 12.6. The maximum Gasteiger partial charge on any atom is 0.221 e. The number of hydrogen-bond donors (Lipinski definition) is 1. The van der Waals surface area contributed by atoms with Crippen molar-refractivity contribution in [1.29, 1.82) is 0 Å². The van der Waals surface area contributed by atoms with Crippen LogP contribution in [0.4, 0.5) is 0 Å². The van der Waals surface area contributed by atoms with Gasteiger partial charge in [0.25, 0.3) is 0 Å². The first-order chi connectivity index (χ1) is 13.8.